The van der Waals surface area contributed by atoms with Crippen LogP contribution in [0.15, 0.2) is 41.8 Å². The van der Waals surface area contributed by atoms with E-state index in [1.165, 1.54) is 18.4 Å². The summed E-state index contributed by atoms with van der Waals surface area (Å²) < 4.78 is 4.82. The Labute approximate surface area is 149 Å². The second kappa shape index (κ2) is 9.55. The van der Waals surface area contributed by atoms with Crippen LogP contribution >= 0.6 is 11.3 Å². The van der Waals surface area contributed by atoms with Gasteiger partial charge in [0.05, 0.1) is 18.0 Å². The lowest BCUT2D eigenvalue weighted by Crippen LogP contribution is -2.38. The van der Waals surface area contributed by atoms with E-state index in [4.69, 9.17) is 4.74 Å². The molecule has 25 heavy (non-hydrogen) atoms. The molecule has 0 aliphatic rings. The molecule has 0 spiro atoms. The average molecular weight is 361 g/mol. The van der Waals surface area contributed by atoms with Gasteiger partial charge in [0.1, 0.15) is 0 Å². The SMILES string of the molecule is COCCNC(=O)CNC(=O)c1cccc(NC(=O)c2cccs2)c1. The van der Waals surface area contributed by atoms with Crippen LogP contribution in [0.1, 0.15) is 20.0 Å². The Morgan fingerprint density at radius 1 is 1.08 bits per heavy atom. The van der Waals surface area contributed by atoms with E-state index in [0.29, 0.717) is 29.3 Å². The van der Waals surface area contributed by atoms with E-state index in [-0.39, 0.29) is 18.4 Å². The maximum Gasteiger partial charge on any atom is 0.265 e. The van der Waals surface area contributed by atoms with E-state index < -0.39 is 5.91 Å². The molecule has 0 bridgehead atoms. The zero-order chi connectivity index (χ0) is 18.1. The third-order valence-electron chi connectivity index (χ3n) is 3.17. The molecular formula is C17H19N3O4S. The second-order valence-corrected chi connectivity index (χ2v) is 5.99. The van der Waals surface area contributed by atoms with Crippen molar-refractivity contribution < 1.29 is 19.1 Å². The number of methoxy groups -OCH3 is 1. The minimum Gasteiger partial charge on any atom is -0.383 e. The Balaban J connectivity index is 1.88. The van der Waals surface area contributed by atoms with Crippen molar-refractivity contribution in [3.8, 4) is 0 Å². The molecular weight excluding hydrogens is 342 g/mol. The molecule has 7 nitrogen and oxygen atoms in total. The Morgan fingerprint density at radius 2 is 1.92 bits per heavy atom. The number of anilines is 1. The molecule has 0 aliphatic heterocycles. The fraction of sp³-hybridized carbons (Fsp3) is 0.235. The van der Waals surface area contributed by atoms with Crippen LogP contribution in [0.4, 0.5) is 5.69 Å². The standard InChI is InChI=1S/C17H19N3O4S/c1-24-8-7-18-15(21)11-19-16(22)12-4-2-5-13(10-12)20-17(23)14-6-3-9-25-14/h2-6,9-10H,7-8,11H2,1H3,(H,18,21)(H,19,22)(H,20,23). The summed E-state index contributed by atoms with van der Waals surface area (Å²) in [5.41, 5.74) is 0.865. The summed E-state index contributed by atoms with van der Waals surface area (Å²) in [6.07, 6.45) is 0. The van der Waals surface area contributed by atoms with Gasteiger partial charge in [-0.3, -0.25) is 14.4 Å². The number of carbonyl (C=O) groups excluding carboxylic acids is 3. The van der Waals surface area contributed by atoms with Gasteiger partial charge in [0, 0.05) is 24.9 Å². The highest BCUT2D eigenvalue weighted by Gasteiger charge is 2.11. The Kier molecular flexibility index (Phi) is 7.12. The predicted molar refractivity (Wildman–Crippen MR) is 95.9 cm³/mol. The summed E-state index contributed by atoms with van der Waals surface area (Å²) in [6, 6.07) is 10.0. The molecule has 132 valence electrons. The van der Waals surface area contributed by atoms with E-state index >= 15 is 0 Å². The summed E-state index contributed by atoms with van der Waals surface area (Å²) in [6.45, 7) is 0.662. The summed E-state index contributed by atoms with van der Waals surface area (Å²) in [5.74, 6) is -0.924. The van der Waals surface area contributed by atoms with E-state index in [0.717, 1.165) is 0 Å². The van der Waals surface area contributed by atoms with Crippen molar-refractivity contribution in [3.05, 3.63) is 52.2 Å². The highest BCUT2D eigenvalue weighted by Crippen LogP contribution is 2.14. The van der Waals surface area contributed by atoms with Crippen LogP contribution in [0.25, 0.3) is 0 Å². The molecule has 2 aromatic rings. The Bertz CT molecular complexity index is 731. The summed E-state index contributed by atoms with van der Waals surface area (Å²) >= 11 is 1.34. The molecule has 0 unspecified atom stereocenters. The van der Waals surface area contributed by atoms with Gasteiger partial charge in [0.15, 0.2) is 0 Å². The van der Waals surface area contributed by atoms with Crippen molar-refractivity contribution in [2.45, 2.75) is 0 Å². The number of carbonyl (C=O) groups is 3. The summed E-state index contributed by atoms with van der Waals surface area (Å²) in [7, 11) is 1.54. The van der Waals surface area contributed by atoms with Crippen molar-refractivity contribution in [2.75, 3.05) is 32.1 Å². The third-order valence-corrected chi connectivity index (χ3v) is 4.03. The first-order valence-electron chi connectivity index (χ1n) is 7.59. The zero-order valence-electron chi connectivity index (χ0n) is 13.7. The van der Waals surface area contributed by atoms with Crippen molar-refractivity contribution in [1.29, 1.82) is 0 Å². The molecule has 2 rings (SSSR count). The van der Waals surface area contributed by atoms with Crippen molar-refractivity contribution in [2.24, 2.45) is 0 Å². The zero-order valence-corrected chi connectivity index (χ0v) is 14.5. The molecule has 1 heterocycles. The number of hydrogen-bond acceptors (Lipinski definition) is 5. The van der Waals surface area contributed by atoms with Crippen LogP contribution in [0, 0.1) is 0 Å². The van der Waals surface area contributed by atoms with Gasteiger partial charge in [-0.15, -0.1) is 11.3 Å². The number of amides is 3. The van der Waals surface area contributed by atoms with Crippen LogP contribution in [-0.2, 0) is 9.53 Å². The monoisotopic (exact) mass is 361 g/mol. The van der Waals surface area contributed by atoms with E-state index in [2.05, 4.69) is 16.0 Å². The lowest BCUT2D eigenvalue weighted by molar-refractivity contribution is -0.120. The molecule has 0 aliphatic carbocycles. The molecule has 3 amide bonds. The molecule has 0 radical (unpaired) electrons. The van der Waals surface area contributed by atoms with E-state index in [1.807, 2.05) is 5.38 Å². The van der Waals surface area contributed by atoms with Crippen LogP contribution in [0.5, 0.6) is 0 Å². The highest BCUT2D eigenvalue weighted by molar-refractivity contribution is 7.12. The first-order chi connectivity index (χ1) is 12.1. The number of hydrogen-bond donors (Lipinski definition) is 3. The van der Waals surface area contributed by atoms with Gasteiger partial charge in [-0.2, -0.15) is 0 Å². The van der Waals surface area contributed by atoms with Gasteiger partial charge in [-0.1, -0.05) is 12.1 Å². The fourth-order valence-electron chi connectivity index (χ4n) is 1.96. The normalized spacial score (nSPS) is 10.1. The van der Waals surface area contributed by atoms with Crippen LogP contribution in [-0.4, -0.2) is 44.5 Å². The van der Waals surface area contributed by atoms with Gasteiger partial charge in [0.2, 0.25) is 5.91 Å². The summed E-state index contributed by atoms with van der Waals surface area (Å²) in [4.78, 5) is 36.3. The molecule has 0 fully saturated rings. The largest absolute Gasteiger partial charge is 0.383 e. The molecule has 3 N–H and O–H groups in total. The van der Waals surface area contributed by atoms with Crippen molar-refractivity contribution in [3.63, 3.8) is 0 Å². The topological polar surface area (TPSA) is 96.5 Å². The lowest BCUT2D eigenvalue weighted by atomic mass is 10.2. The van der Waals surface area contributed by atoms with E-state index in [9.17, 15) is 14.4 Å². The minimum absolute atomic E-state index is 0.131. The number of ether oxygens (including phenoxy) is 1. The van der Waals surface area contributed by atoms with Crippen molar-refractivity contribution in [1.82, 2.24) is 10.6 Å². The van der Waals surface area contributed by atoms with E-state index in [1.54, 1.807) is 36.4 Å². The van der Waals surface area contributed by atoms with Crippen LogP contribution in [0.2, 0.25) is 0 Å². The Morgan fingerprint density at radius 3 is 2.64 bits per heavy atom. The Hall–Kier alpha value is -2.71. The summed E-state index contributed by atoms with van der Waals surface area (Å²) in [5, 5.41) is 9.69. The number of benzene rings is 1. The lowest BCUT2D eigenvalue weighted by Gasteiger charge is -2.08. The van der Waals surface area contributed by atoms with Crippen molar-refractivity contribution >= 4 is 34.7 Å². The van der Waals surface area contributed by atoms with Gasteiger partial charge < -0.3 is 20.7 Å². The third kappa shape index (κ3) is 6.02. The number of nitrogens with one attached hydrogen (secondary N) is 3. The van der Waals surface area contributed by atoms with Gasteiger partial charge in [0.25, 0.3) is 11.8 Å². The number of rotatable bonds is 8. The van der Waals surface area contributed by atoms with Gasteiger partial charge >= 0.3 is 0 Å². The number of thiophene rings is 1. The smallest absolute Gasteiger partial charge is 0.265 e. The highest BCUT2D eigenvalue weighted by atomic mass is 32.1. The molecule has 1 aromatic heterocycles. The fourth-order valence-corrected chi connectivity index (χ4v) is 2.58. The first kappa shape index (κ1) is 18.6. The first-order valence-corrected chi connectivity index (χ1v) is 8.47. The maximum atomic E-state index is 12.1. The maximum absolute atomic E-state index is 12.1. The average Bonchev–Trinajstić information content (AvgIpc) is 3.15. The molecule has 1 aromatic carbocycles. The predicted octanol–water partition coefficient (Wildman–Crippen LogP) is 1.49. The van der Waals surface area contributed by atoms with Gasteiger partial charge in [-0.25, -0.2) is 0 Å². The molecule has 0 atom stereocenters. The van der Waals surface area contributed by atoms with Gasteiger partial charge in [-0.05, 0) is 29.6 Å². The van der Waals surface area contributed by atoms with Crippen LogP contribution < -0.4 is 16.0 Å². The second-order valence-electron chi connectivity index (χ2n) is 5.04. The minimum atomic E-state index is -0.394. The quantitative estimate of drug-likeness (QED) is 0.621. The molecule has 0 saturated carbocycles. The molecule has 0 saturated heterocycles. The van der Waals surface area contributed by atoms with Crippen LogP contribution in [0.3, 0.4) is 0 Å². The molecule has 8 heteroatoms.